The molecule has 0 fully saturated rings. The lowest BCUT2D eigenvalue weighted by molar-refractivity contribution is 0.0255. The molecule has 0 bridgehead atoms. The molecule has 0 aliphatic heterocycles. The predicted octanol–water partition coefficient (Wildman–Crippen LogP) is 9.55. The van der Waals surface area contributed by atoms with Gasteiger partial charge in [-0.2, -0.15) is 0 Å². The van der Waals surface area contributed by atoms with E-state index in [0.717, 1.165) is 29.3 Å². The molecule has 0 aliphatic carbocycles. The molecular weight excluding hydrogens is 498 g/mol. The summed E-state index contributed by atoms with van der Waals surface area (Å²) in [7, 11) is 0. The molecule has 4 aromatic rings. The van der Waals surface area contributed by atoms with Gasteiger partial charge in [0.1, 0.15) is 0 Å². The zero-order valence-electron chi connectivity index (χ0n) is 23.9. The highest BCUT2D eigenvalue weighted by molar-refractivity contribution is 5.63. The van der Waals surface area contributed by atoms with Gasteiger partial charge in [-0.3, -0.25) is 10.3 Å². The second-order valence-corrected chi connectivity index (χ2v) is 9.75. The predicted molar refractivity (Wildman–Crippen MR) is 164 cm³/mol. The third kappa shape index (κ3) is 8.82. The summed E-state index contributed by atoms with van der Waals surface area (Å²) in [6.45, 7) is 7.59. The second-order valence-electron chi connectivity index (χ2n) is 9.75. The highest BCUT2D eigenvalue weighted by Crippen LogP contribution is 2.33. The largest absolute Gasteiger partial charge is 0.298 e. The summed E-state index contributed by atoms with van der Waals surface area (Å²) in [5, 5.41) is 3.82. The molecular formula is C36H40F2N2. The number of hydrogen-bond acceptors (Lipinski definition) is 2. The van der Waals surface area contributed by atoms with Crippen LogP contribution in [0.2, 0.25) is 0 Å². The van der Waals surface area contributed by atoms with Gasteiger partial charge in [0.05, 0.1) is 11.2 Å². The van der Waals surface area contributed by atoms with E-state index >= 15 is 0 Å². The molecule has 0 amide bonds. The Morgan fingerprint density at radius 3 is 1.98 bits per heavy atom. The van der Waals surface area contributed by atoms with Crippen LogP contribution in [0.25, 0.3) is 11.1 Å². The van der Waals surface area contributed by atoms with E-state index < -0.39 is 11.5 Å². The molecule has 0 radical (unpaired) electrons. The molecule has 0 saturated carbocycles. The minimum absolute atomic E-state index is 0.298. The van der Waals surface area contributed by atoms with E-state index in [9.17, 15) is 8.78 Å². The summed E-state index contributed by atoms with van der Waals surface area (Å²) >= 11 is 0. The van der Waals surface area contributed by atoms with Gasteiger partial charge in [-0.05, 0) is 53.8 Å². The minimum Gasteiger partial charge on any atom is -0.298 e. The van der Waals surface area contributed by atoms with Crippen molar-refractivity contribution in [2.45, 2.75) is 58.5 Å². The lowest BCUT2D eigenvalue weighted by atomic mass is 9.80. The van der Waals surface area contributed by atoms with Crippen LogP contribution >= 0.6 is 0 Å². The number of alkyl halides is 2. The number of halogens is 2. The van der Waals surface area contributed by atoms with Crippen molar-refractivity contribution in [3.8, 4) is 11.1 Å². The number of nitrogens with zero attached hydrogens (tertiary/aromatic N) is 1. The van der Waals surface area contributed by atoms with E-state index in [-0.39, 0.29) is 6.42 Å². The fourth-order valence-corrected chi connectivity index (χ4v) is 4.57. The molecule has 208 valence electrons. The van der Waals surface area contributed by atoms with Crippen LogP contribution in [0, 0.1) is 0 Å². The third-order valence-corrected chi connectivity index (χ3v) is 6.70. The molecule has 1 unspecified atom stereocenters. The van der Waals surface area contributed by atoms with E-state index in [1.165, 1.54) is 17.2 Å². The quantitative estimate of drug-likeness (QED) is 0.192. The zero-order valence-corrected chi connectivity index (χ0v) is 23.9. The van der Waals surface area contributed by atoms with Crippen LogP contribution in [0.15, 0.2) is 133 Å². The Morgan fingerprint density at radius 1 is 0.775 bits per heavy atom. The molecule has 0 aliphatic rings. The van der Waals surface area contributed by atoms with Crippen molar-refractivity contribution in [1.82, 2.24) is 10.3 Å². The summed E-state index contributed by atoms with van der Waals surface area (Å²) in [6.07, 6.45) is 7.34. The Kier molecular flexibility index (Phi) is 11.5. The van der Waals surface area contributed by atoms with Crippen molar-refractivity contribution in [2.24, 2.45) is 0 Å². The van der Waals surface area contributed by atoms with Gasteiger partial charge in [-0.15, -0.1) is 0 Å². The molecule has 4 heteroatoms. The molecule has 1 aromatic heterocycles. The molecule has 1 N–H and O–H groups in total. The van der Waals surface area contributed by atoms with Gasteiger partial charge < -0.3 is 0 Å². The van der Waals surface area contributed by atoms with Crippen molar-refractivity contribution in [2.75, 3.05) is 0 Å². The first-order chi connectivity index (χ1) is 19.4. The number of rotatable bonds is 11. The lowest BCUT2D eigenvalue weighted by Crippen LogP contribution is -2.45. The summed E-state index contributed by atoms with van der Waals surface area (Å²) in [4.78, 5) is 4.75. The van der Waals surface area contributed by atoms with Crippen LogP contribution < -0.4 is 5.32 Å². The fraction of sp³-hybridized carbons (Fsp3) is 0.250. The van der Waals surface area contributed by atoms with Gasteiger partial charge in [-0.1, -0.05) is 123 Å². The Labute approximate surface area is 238 Å². The standard InChI is InChI=1S/C34H34F2N2.C2H6/c1-27(13-9-11-23-33(2,35)36)34(32-18-10-12-24-37-32,25-28-14-5-3-6-15-28)38-26-29-19-21-31(22-20-29)30-16-7-4-8-17-30;1-2/h3-22,24,38H,23,25-26H2,1-2H3;1-2H3/b11-9-,27-13+;. The highest BCUT2D eigenvalue weighted by Gasteiger charge is 2.35. The molecule has 0 spiro atoms. The summed E-state index contributed by atoms with van der Waals surface area (Å²) < 4.78 is 26.8. The second kappa shape index (κ2) is 15.0. The van der Waals surface area contributed by atoms with Gasteiger partial charge in [0, 0.05) is 25.6 Å². The average molecular weight is 539 g/mol. The first-order valence-electron chi connectivity index (χ1n) is 13.9. The number of allylic oxidation sites excluding steroid dienone is 3. The Hall–Kier alpha value is -3.89. The van der Waals surface area contributed by atoms with Crippen LogP contribution in [0.5, 0.6) is 0 Å². The van der Waals surface area contributed by atoms with Gasteiger partial charge in [0.2, 0.25) is 5.92 Å². The summed E-state index contributed by atoms with van der Waals surface area (Å²) in [5.74, 6) is -2.73. The van der Waals surface area contributed by atoms with Crippen LogP contribution in [0.4, 0.5) is 8.78 Å². The first-order valence-corrected chi connectivity index (χ1v) is 13.9. The van der Waals surface area contributed by atoms with E-state index in [4.69, 9.17) is 4.98 Å². The Balaban J connectivity index is 0.00000216. The monoisotopic (exact) mass is 538 g/mol. The van der Waals surface area contributed by atoms with E-state index in [0.29, 0.717) is 13.0 Å². The van der Waals surface area contributed by atoms with E-state index in [1.54, 1.807) is 12.3 Å². The molecule has 4 rings (SSSR count). The van der Waals surface area contributed by atoms with Crippen LogP contribution in [-0.4, -0.2) is 10.9 Å². The van der Waals surface area contributed by atoms with Gasteiger partial charge in [0.25, 0.3) is 0 Å². The topological polar surface area (TPSA) is 24.9 Å². The van der Waals surface area contributed by atoms with Crippen LogP contribution in [-0.2, 0) is 18.5 Å². The Morgan fingerprint density at radius 2 is 1.38 bits per heavy atom. The van der Waals surface area contributed by atoms with Gasteiger partial charge in [0.15, 0.2) is 0 Å². The minimum atomic E-state index is -2.73. The first kappa shape index (κ1) is 30.6. The van der Waals surface area contributed by atoms with E-state index in [1.807, 2.05) is 81.4 Å². The molecule has 40 heavy (non-hydrogen) atoms. The number of benzene rings is 3. The zero-order chi connectivity index (χ0) is 28.8. The number of nitrogens with one attached hydrogen (secondary N) is 1. The van der Waals surface area contributed by atoms with Crippen molar-refractivity contribution in [3.63, 3.8) is 0 Å². The van der Waals surface area contributed by atoms with Crippen LogP contribution in [0.1, 0.15) is 50.9 Å². The highest BCUT2D eigenvalue weighted by atomic mass is 19.3. The van der Waals surface area contributed by atoms with Crippen molar-refractivity contribution in [1.29, 1.82) is 0 Å². The Bertz CT molecular complexity index is 1330. The summed E-state index contributed by atoms with van der Waals surface area (Å²) in [5.41, 5.74) is 5.89. The smallest absolute Gasteiger partial charge is 0.248 e. The molecule has 2 nitrogen and oxygen atoms in total. The van der Waals surface area contributed by atoms with Crippen molar-refractivity contribution >= 4 is 0 Å². The van der Waals surface area contributed by atoms with Gasteiger partial charge >= 0.3 is 0 Å². The summed E-state index contributed by atoms with van der Waals surface area (Å²) in [6, 6.07) is 35.1. The van der Waals surface area contributed by atoms with Crippen molar-refractivity contribution < 1.29 is 8.78 Å². The fourth-order valence-electron chi connectivity index (χ4n) is 4.57. The van der Waals surface area contributed by atoms with E-state index in [2.05, 4.69) is 53.8 Å². The maximum atomic E-state index is 13.4. The number of aromatic nitrogens is 1. The molecule has 1 atom stereocenters. The molecule has 0 saturated heterocycles. The normalized spacial score (nSPS) is 13.4. The third-order valence-electron chi connectivity index (χ3n) is 6.70. The maximum Gasteiger partial charge on any atom is 0.248 e. The molecule has 3 aromatic carbocycles. The lowest BCUT2D eigenvalue weighted by Gasteiger charge is -2.36. The average Bonchev–Trinajstić information content (AvgIpc) is 2.99. The molecule has 1 heterocycles. The maximum absolute atomic E-state index is 13.4. The number of hydrogen-bond donors (Lipinski definition) is 1. The SMILES string of the molecule is C/C(=C\C=C/CC(C)(F)F)C(Cc1ccccc1)(NCc1ccc(-c2ccccc2)cc1)c1ccccn1.CC. The van der Waals surface area contributed by atoms with Gasteiger partial charge in [-0.25, -0.2) is 8.78 Å². The number of pyridine rings is 1. The van der Waals surface area contributed by atoms with Crippen LogP contribution in [0.3, 0.4) is 0 Å². The van der Waals surface area contributed by atoms with Crippen molar-refractivity contribution in [3.05, 3.63) is 150 Å².